The number of non-ortho nitro benzene ring substituents is 1. The summed E-state index contributed by atoms with van der Waals surface area (Å²) in [6.07, 6.45) is 0. The molecule has 1 heterocycles. The molecule has 8 heteroatoms. The number of anilines is 1. The second kappa shape index (κ2) is 5.06. The zero-order valence-electron chi connectivity index (χ0n) is 10.8. The summed E-state index contributed by atoms with van der Waals surface area (Å²) in [6.45, 7) is 2.15. The lowest BCUT2D eigenvalue weighted by atomic mass is 9.85. The fraction of sp³-hybridized carbons (Fsp3) is 0.417. The number of aromatic hydroxyl groups is 1. The van der Waals surface area contributed by atoms with Crippen LogP contribution in [0.3, 0.4) is 0 Å². The van der Waals surface area contributed by atoms with E-state index in [0.717, 1.165) is 6.07 Å². The number of nitro benzene ring substituents is 1. The predicted molar refractivity (Wildman–Crippen MR) is 70.3 cm³/mol. The maximum atomic E-state index is 12.2. The Morgan fingerprint density at radius 1 is 1.65 bits per heavy atom. The Hall–Kier alpha value is -2.19. The maximum Gasteiger partial charge on any atom is 0.273 e. The van der Waals surface area contributed by atoms with Gasteiger partial charge in [0.05, 0.1) is 35.3 Å². The van der Waals surface area contributed by atoms with Gasteiger partial charge in [0.1, 0.15) is 5.75 Å². The second-order valence-corrected chi connectivity index (χ2v) is 4.95. The van der Waals surface area contributed by atoms with Gasteiger partial charge in [-0.2, -0.15) is 0 Å². The van der Waals surface area contributed by atoms with Crippen molar-refractivity contribution in [1.29, 1.82) is 0 Å². The van der Waals surface area contributed by atoms with E-state index in [1.807, 2.05) is 0 Å². The molecule has 1 amide bonds. The number of hydrogen-bond acceptors (Lipinski definition) is 6. The minimum Gasteiger partial charge on any atom is -0.506 e. The first kappa shape index (κ1) is 14.2. The van der Waals surface area contributed by atoms with Crippen LogP contribution in [0.25, 0.3) is 0 Å². The van der Waals surface area contributed by atoms with Gasteiger partial charge < -0.3 is 20.9 Å². The molecule has 0 radical (unpaired) electrons. The molecule has 0 spiro atoms. The fourth-order valence-corrected chi connectivity index (χ4v) is 1.93. The number of benzene rings is 1. The summed E-state index contributed by atoms with van der Waals surface area (Å²) in [5, 5.41) is 22.8. The minimum absolute atomic E-state index is 0.0981. The van der Waals surface area contributed by atoms with Crippen LogP contribution in [0.2, 0.25) is 0 Å². The number of nitrogens with two attached hydrogens (primary N) is 1. The van der Waals surface area contributed by atoms with Crippen molar-refractivity contribution in [1.82, 2.24) is 0 Å². The Bertz CT molecular complexity index is 562. The lowest BCUT2D eigenvalue weighted by Crippen LogP contribution is -2.47. The summed E-state index contributed by atoms with van der Waals surface area (Å²) < 4.78 is 5.17. The van der Waals surface area contributed by atoms with Gasteiger partial charge >= 0.3 is 0 Å². The van der Waals surface area contributed by atoms with Crippen LogP contribution in [0.4, 0.5) is 11.4 Å². The SMILES string of the molecule is CC1(C(=O)Nc2ccc([N+](=O)[O-])cc2O)COCC1N. The molecule has 1 saturated heterocycles. The van der Waals surface area contributed by atoms with E-state index < -0.39 is 22.3 Å². The normalized spacial score (nSPS) is 25.4. The van der Waals surface area contributed by atoms with E-state index in [4.69, 9.17) is 10.5 Å². The first-order valence-electron chi connectivity index (χ1n) is 5.97. The Morgan fingerprint density at radius 3 is 2.85 bits per heavy atom. The Morgan fingerprint density at radius 2 is 2.35 bits per heavy atom. The molecule has 2 atom stereocenters. The number of ether oxygens (including phenoxy) is 1. The highest BCUT2D eigenvalue weighted by Crippen LogP contribution is 2.32. The van der Waals surface area contributed by atoms with Crippen LogP contribution in [0.5, 0.6) is 5.75 Å². The third kappa shape index (κ3) is 2.43. The molecule has 8 nitrogen and oxygen atoms in total. The van der Waals surface area contributed by atoms with Crippen molar-refractivity contribution < 1.29 is 19.6 Å². The Kier molecular flexibility index (Phi) is 3.60. The van der Waals surface area contributed by atoms with Crippen LogP contribution in [-0.2, 0) is 9.53 Å². The van der Waals surface area contributed by atoms with Crippen molar-refractivity contribution in [3.05, 3.63) is 28.3 Å². The van der Waals surface area contributed by atoms with E-state index in [1.54, 1.807) is 6.92 Å². The molecule has 1 aromatic carbocycles. The Balaban J connectivity index is 2.18. The third-order valence-electron chi connectivity index (χ3n) is 3.48. The van der Waals surface area contributed by atoms with Crippen LogP contribution in [-0.4, -0.2) is 35.2 Å². The summed E-state index contributed by atoms with van der Waals surface area (Å²) in [6, 6.07) is 3.00. The number of rotatable bonds is 3. The van der Waals surface area contributed by atoms with Crippen molar-refractivity contribution in [2.24, 2.45) is 11.1 Å². The van der Waals surface area contributed by atoms with E-state index in [9.17, 15) is 20.0 Å². The monoisotopic (exact) mass is 281 g/mol. The topological polar surface area (TPSA) is 128 Å². The number of amides is 1. The van der Waals surface area contributed by atoms with Gasteiger partial charge in [0.2, 0.25) is 5.91 Å². The van der Waals surface area contributed by atoms with E-state index in [2.05, 4.69) is 5.32 Å². The summed E-state index contributed by atoms with van der Waals surface area (Å²) in [5.41, 5.74) is 4.78. The van der Waals surface area contributed by atoms with Gasteiger partial charge in [-0.15, -0.1) is 0 Å². The van der Waals surface area contributed by atoms with Crippen LogP contribution in [0, 0.1) is 15.5 Å². The van der Waals surface area contributed by atoms with Crippen LogP contribution < -0.4 is 11.1 Å². The summed E-state index contributed by atoms with van der Waals surface area (Å²) in [5.74, 6) is -0.768. The van der Waals surface area contributed by atoms with E-state index in [0.29, 0.717) is 0 Å². The summed E-state index contributed by atoms with van der Waals surface area (Å²) in [7, 11) is 0. The molecule has 1 aromatic rings. The van der Waals surface area contributed by atoms with Crippen LogP contribution in [0.15, 0.2) is 18.2 Å². The van der Waals surface area contributed by atoms with Gasteiger partial charge in [-0.25, -0.2) is 0 Å². The van der Waals surface area contributed by atoms with Crippen molar-refractivity contribution in [2.45, 2.75) is 13.0 Å². The standard InChI is InChI=1S/C12H15N3O5/c1-12(6-20-5-10(12)13)11(17)14-8-3-2-7(15(18)19)4-9(8)16/h2-4,10,16H,5-6,13H2,1H3,(H,14,17). The quantitative estimate of drug-likeness (QED) is 0.423. The van der Waals surface area contributed by atoms with Gasteiger partial charge in [-0.1, -0.05) is 0 Å². The molecular weight excluding hydrogens is 266 g/mol. The molecule has 1 aliphatic rings. The first-order valence-corrected chi connectivity index (χ1v) is 5.97. The minimum atomic E-state index is -0.895. The first-order chi connectivity index (χ1) is 9.34. The molecule has 1 fully saturated rings. The molecule has 0 saturated carbocycles. The number of phenolic OH excluding ortho intramolecular Hbond substituents is 1. The lowest BCUT2D eigenvalue weighted by molar-refractivity contribution is -0.384. The molecule has 0 aromatic heterocycles. The molecule has 1 aliphatic heterocycles. The fourth-order valence-electron chi connectivity index (χ4n) is 1.93. The molecular formula is C12H15N3O5. The average Bonchev–Trinajstić information content (AvgIpc) is 2.73. The zero-order valence-corrected chi connectivity index (χ0v) is 10.8. The predicted octanol–water partition coefficient (Wildman–Crippen LogP) is 0.603. The van der Waals surface area contributed by atoms with Crippen molar-refractivity contribution in [2.75, 3.05) is 18.5 Å². The van der Waals surface area contributed by atoms with Crippen molar-refractivity contribution in [3.63, 3.8) is 0 Å². The van der Waals surface area contributed by atoms with E-state index >= 15 is 0 Å². The molecule has 0 aliphatic carbocycles. The molecule has 2 rings (SSSR count). The number of nitrogens with zero attached hydrogens (tertiary/aromatic N) is 1. The third-order valence-corrected chi connectivity index (χ3v) is 3.48. The molecule has 20 heavy (non-hydrogen) atoms. The summed E-state index contributed by atoms with van der Waals surface area (Å²) >= 11 is 0. The van der Waals surface area contributed by atoms with Crippen LogP contribution in [0.1, 0.15) is 6.92 Å². The van der Waals surface area contributed by atoms with Crippen LogP contribution >= 0.6 is 0 Å². The molecule has 108 valence electrons. The molecule has 2 unspecified atom stereocenters. The number of hydrogen-bond donors (Lipinski definition) is 3. The Labute approximate surface area is 114 Å². The zero-order chi connectivity index (χ0) is 14.9. The van der Waals surface area contributed by atoms with E-state index in [-0.39, 0.29) is 30.3 Å². The lowest BCUT2D eigenvalue weighted by Gasteiger charge is -2.25. The number of phenols is 1. The number of nitro groups is 1. The average molecular weight is 281 g/mol. The van der Waals surface area contributed by atoms with E-state index in [1.165, 1.54) is 12.1 Å². The number of nitrogens with one attached hydrogen (secondary N) is 1. The highest BCUT2D eigenvalue weighted by atomic mass is 16.6. The maximum absolute atomic E-state index is 12.2. The smallest absolute Gasteiger partial charge is 0.273 e. The largest absolute Gasteiger partial charge is 0.506 e. The van der Waals surface area contributed by atoms with Crippen molar-refractivity contribution in [3.8, 4) is 5.75 Å². The number of carbonyl (C=O) groups excluding carboxylic acids is 1. The highest BCUT2D eigenvalue weighted by Gasteiger charge is 2.44. The summed E-state index contributed by atoms with van der Waals surface area (Å²) in [4.78, 5) is 22.1. The van der Waals surface area contributed by atoms with Gasteiger partial charge in [0.25, 0.3) is 5.69 Å². The highest BCUT2D eigenvalue weighted by molar-refractivity contribution is 5.97. The van der Waals surface area contributed by atoms with Gasteiger partial charge in [-0.05, 0) is 13.0 Å². The van der Waals surface area contributed by atoms with Gasteiger partial charge in [-0.3, -0.25) is 14.9 Å². The molecule has 0 bridgehead atoms. The van der Waals surface area contributed by atoms with Gasteiger partial charge in [0, 0.05) is 12.1 Å². The van der Waals surface area contributed by atoms with Crippen molar-refractivity contribution >= 4 is 17.3 Å². The number of carbonyl (C=O) groups is 1. The molecule has 4 N–H and O–H groups in total. The van der Waals surface area contributed by atoms with Gasteiger partial charge in [0.15, 0.2) is 0 Å². The second-order valence-electron chi connectivity index (χ2n) is 4.95.